The number of carbonyl (C=O) groups excluding carboxylic acids is 1. The van der Waals surface area contributed by atoms with Gasteiger partial charge in [-0.05, 0) is 18.4 Å². The summed E-state index contributed by atoms with van der Waals surface area (Å²) in [5.41, 5.74) is 1.25. The van der Waals surface area contributed by atoms with Gasteiger partial charge in [0.25, 0.3) is 0 Å². The first-order valence-electron chi connectivity index (χ1n) is 5.89. The molecule has 2 heteroatoms. The first kappa shape index (κ1) is 13.3. The molecule has 0 radical (unpaired) electrons. The van der Waals surface area contributed by atoms with Gasteiger partial charge in [0, 0.05) is 11.7 Å². The number of Topliss-reactive ketones (excluding diaryl/α,β-unsaturated/α-hetero) is 1. The zero-order chi connectivity index (χ0) is 11.8. The van der Waals surface area contributed by atoms with Crippen molar-refractivity contribution >= 4 is 17.5 Å². The summed E-state index contributed by atoms with van der Waals surface area (Å²) >= 11 is 1.77. The first-order chi connectivity index (χ1) is 7.72. The minimum atomic E-state index is 0.370. The zero-order valence-electron chi connectivity index (χ0n) is 10.1. The Morgan fingerprint density at radius 1 is 1.31 bits per heavy atom. The second-order valence-electron chi connectivity index (χ2n) is 4.05. The van der Waals surface area contributed by atoms with Crippen LogP contribution in [0.2, 0.25) is 0 Å². The summed E-state index contributed by atoms with van der Waals surface area (Å²) < 4.78 is 0. The molecular formula is C14H20OS. The summed E-state index contributed by atoms with van der Waals surface area (Å²) in [6, 6.07) is 10.2. The smallest absolute Gasteiger partial charge is 0.143 e. The third-order valence-electron chi connectivity index (χ3n) is 2.64. The molecule has 1 rings (SSSR count). The van der Waals surface area contributed by atoms with E-state index in [1.165, 1.54) is 5.56 Å². The Hall–Kier alpha value is -0.760. The average molecular weight is 236 g/mol. The maximum absolute atomic E-state index is 11.6. The maximum atomic E-state index is 11.6. The number of rotatable bonds is 7. The van der Waals surface area contributed by atoms with Crippen molar-refractivity contribution in [2.75, 3.05) is 5.75 Å². The van der Waals surface area contributed by atoms with Crippen molar-refractivity contribution in [3.05, 3.63) is 35.9 Å². The molecular weight excluding hydrogens is 216 g/mol. The largest absolute Gasteiger partial charge is 0.299 e. The Balaban J connectivity index is 2.20. The molecule has 88 valence electrons. The summed E-state index contributed by atoms with van der Waals surface area (Å²) in [6.45, 7) is 4.33. The number of hydrogen-bond acceptors (Lipinski definition) is 2. The lowest BCUT2D eigenvalue weighted by Crippen LogP contribution is -2.06. The standard InChI is InChI=1S/C14H20OS/c1-3-12(2)16-11-14(15)10-9-13-7-5-4-6-8-13/h4-8,12H,3,9-11H2,1-2H3. The van der Waals surface area contributed by atoms with Gasteiger partial charge in [0.1, 0.15) is 5.78 Å². The van der Waals surface area contributed by atoms with Crippen LogP contribution in [0.15, 0.2) is 30.3 Å². The summed E-state index contributed by atoms with van der Waals surface area (Å²) in [5.74, 6) is 1.04. The minimum absolute atomic E-state index is 0.370. The molecule has 0 saturated heterocycles. The van der Waals surface area contributed by atoms with Crippen LogP contribution in [-0.2, 0) is 11.2 Å². The number of aryl methyl sites for hydroxylation is 1. The molecule has 0 saturated carbocycles. The predicted octanol–water partition coefficient (Wildman–Crippen LogP) is 3.72. The molecule has 1 aromatic rings. The molecule has 0 aliphatic carbocycles. The van der Waals surface area contributed by atoms with E-state index < -0.39 is 0 Å². The van der Waals surface area contributed by atoms with Gasteiger partial charge in [0.2, 0.25) is 0 Å². The van der Waals surface area contributed by atoms with E-state index in [9.17, 15) is 4.79 Å². The molecule has 1 unspecified atom stereocenters. The van der Waals surface area contributed by atoms with Crippen LogP contribution in [0.3, 0.4) is 0 Å². The maximum Gasteiger partial charge on any atom is 0.143 e. The van der Waals surface area contributed by atoms with E-state index in [0.717, 1.165) is 12.8 Å². The van der Waals surface area contributed by atoms with Crippen molar-refractivity contribution < 1.29 is 4.79 Å². The quantitative estimate of drug-likeness (QED) is 0.717. The van der Waals surface area contributed by atoms with Gasteiger partial charge in [0.05, 0.1) is 5.75 Å². The van der Waals surface area contributed by atoms with Gasteiger partial charge in [-0.1, -0.05) is 44.2 Å². The molecule has 0 bridgehead atoms. The SMILES string of the molecule is CCC(C)SCC(=O)CCc1ccccc1. The van der Waals surface area contributed by atoms with Gasteiger partial charge in [-0.25, -0.2) is 0 Å². The molecule has 0 amide bonds. The highest BCUT2D eigenvalue weighted by molar-refractivity contribution is 8.00. The summed E-state index contributed by atoms with van der Waals surface area (Å²) in [5, 5.41) is 0.598. The fraction of sp³-hybridized carbons (Fsp3) is 0.500. The Morgan fingerprint density at radius 2 is 2.00 bits per heavy atom. The van der Waals surface area contributed by atoms with E-state index in [0.29, 0.717) is 23.2 Å². The molecule has 0 aliphatic heterocycles. The summed E-state index contributed by atoms with van der Waals surface area (Å²) in [4.78, 5) is 11.6. The monoisotopic (exact) mass is 236 g/mol. The van der Waals surface area contributed by atoms with Gasteiger partial charge < -0.3 is 0 Å². The van der Waals surface area contributed by atoms with Crippen LogP contribution >= 0.6 is 11.8 Å². The second-order valence-corrected chi connectivity index (χ2v) is 5.48. The molecule has 0 aliphatic rings. The number of ketones is 1. The van der Waals surface area contributed by atoms with Gasteiger partial charge in [-0.2, -0.15) is 11.8 Å². The Morgan fingerprint density at radius 3 is 2.62 bits per heavy atom. The normalized spacial score (nSPS) is 12.4. The lowest BCUT2D eigenvalue weighted by Gasteiger charge is -2.07. The van der Waals surface area contributed by atoms with Gasteiger partial charge >= 0.3 is 0 Å². The van der Waals surface area contributed by atoms with E-state index in [1.807, 2.05) is 18.2 Å². The topological polar surface area (TPSA) is 17.1 Å². The third-order valence-corrected chi connectivity index (χ3v) is 4.03. The molecule has 1 atom stereocenters. The minimum Gasteiger partial charge on any atom is -0.299 e. The van der Waals surface area contributed by atoms with Crippen LogP contribution in [0, 0.1) is 0 Å². The molecule has 0 heterocycles. The number of hydrogen-bond donors (Lipinski definition) is 0. The first-order valence-corrected chi connectivity index (χ1v) is 6.94. The van der Waals surface area contributed by atoms with Crippen LogP contribution in [0.5, 0.6) is 0 Å². The zero-order valence-corrected chi connectivity index (χ0v) is 10.9. The van der Waals surface area contributed by atoms with Crippen LogP contribution in [0.25, 0.3) is 0 Å². The van der Waals surface area contributed by atoms with E-state index in [-0.39, 0.29) is 0 Å². The average Bonchev–Trinajstić information content (AvgIpc) is 2.34. The van der Waals surface area contributed by atoms with Crippen molar-refractivity contribution in [3.63, 3.8) is 0 Å². The summed E-state index contributed by atoms with van der Waals surface area (Å²) in [7, 11) is 0. The molecule has 1 aromatic carbocycles. The molecule has 0 N–H and O–H groups in total. The Bertz CT molecular complexity index is 308. The molecule has 1 nitrogen and oxygen atoms in total. The van der Waals surface area contributed by atoms with Gasteiger partial charge in [0.15, 0.2) is 0 Å². The van der Waals surface area contributed by atoms with Crippen molar-refractivity contribution in [2.24, 2.45) is 0 Å². The predicted molar refractivity (Wildman–Crippen MR) is 72.0 cm³/mol. The van der Waals surface area contributed by atoms with E-state index in [2.05, 4.69) is 26.0 Å². The van der Waals surface area contributed by atoms with Crippen molar-refractivity contribution in [3.8, 4) is 0 Å². The third kappa shape index (κ3) is 5.36. The highest BCUT2D eigenvalue weighted by Crippen LogP contribution is 2.14. The highest BCUT2D eigenvalue weighted by Gasteiger charge is 2.05. The van der Waals surface area contributed by atoms with Crippen LogP contribution in [0.1, 0.15) is 32.3 Å². The molecule has 16 heavy (non-hydrogen) atoms. The van der Waals surface area contributed by atoms with Crippen LogP contribution in [-0.4, -0.2) is 16.8 Å². The molecule has 0 fully saturated rings. The second kappa shape index (κ2) is 7.50. The number of carbonyl (C=O) groups is 1. The van der Waals surface area contributed by atoms with Crippen molar-refractivity contribution in [1.29, 1.82) is 0 Å². The van der Waals surface area contributed by atoms with E-state index >= 15 is 0 Å². The van der Waals surface area contributed by atoms with E-state index in [1.54, 1.807) is 11.8 Å². The summed E-state index contributed by atoms with van der Waals surface area (Å²) in [6.07, 6.45) is 2.69. The highest BCUT2D eigenvalue weighted by atomic mass is 32.2. The molecule has 0 aromatic heterocycles. The number of benzene rings is 1. The van der Waals surface area contributed by atoms with Gasteiger partial charge in [-0.3, -0.25) is 4.79 Å². The molecule has 0 spiro atoms. The fourth-order valence-electron chi connectivity index (χ4n) is 1.35. The Kier molecular flexibility index (Phi) is 6.24. The van der Waals surface area contributed by atoms with E-state index in [4.69, 9.17) is 0 Å². The van der Waals surface area contributed by atoms with Crippen LogP contribution < -0.4 is 0 Å². The fourth-order valence-corrected chi connectivity index (χ4v) is 2.20. The van der Waals surface area contributed by atoms with Crippen LogP contribution in [0.4, 0.5) is 0 Å². The van der Waals surface area contributed by atoms with Gasteiger partial charge in [-0.15, -0.1) is 0 Å². The Labute approximate surface area is 103 Å². The van der Waals surface area contributed by atoms with Crippen molar-refractivity contribution in [2.45, 2.75) is 38.4 Å². The lowest BCUT2D eigenvalue weighted by atomic mass is 10.1. The number of thioether (sulfide) groups is 1. The lowest BCUT2D eigenvalue weighted by molar-refractivity contribution is -0.116. The van der Waals surface area contributed by atoms with Crippen molar-refractivity contribution in [1.82, 2.24) is 0 Å².